The second-order valence-electron chi connectivity index (χ2n) is 4.64. The summed E-state index contributed by atoms with van der Waals surface area (Å²) in [7, 11) is 0. The van der Waals surface area contributed by atoms with Gasteiger partial charge in [0.05, 0.1) is 16.8 Å². The number of hydrogen-bond acceptors (Lipinski definition) is 5. The largest absolute Gasteiger partial charge is 0.453 e. The minimum Gasteiger partial charge on any atom is -0.453 e. The molecule has 0 amide bonds. The minimum atomic E-state index is 0.178. The molecule has 0 saturated carbocycles. The van der Waals surface area contributed by atoms with Crippen LogP contribution in [0.25, 0.3) is 11.1 Å². The zero-order chi connectivity index (χ0) is 13.6. The van der Waals surface area contributed by atoms with Crippen molar-refractivity contribution in [2.75, 3.05) is 12.5 Å². The summed E-state index contributed by atoms with van der Waals surface area (Å²) in [6.45, 7) is 4.31. The number of aromatic nitrogens is 1. The first-order valence-electron chi connectivity index (χ1n) is 5.92. The summed E-state index contributed by atoms with van der Waals surface area (Å²) in [5, 5.41) is 4.20. The van der Waals surface area contributed by atoms with Gasteiger partial charge in [-0.25, -0.2) is 0 Å². The van der Waals surface area contributed by atoms with E-state index < -0.39 is 0 Å². The molecular formula is C13H13ClN2O3. The molecule has 1 aromatic heterocycles. The van der Waals surface area contributed by atoms with E-state index in [2.05, 4.69) is 19.0 Å². The maximum absolute atomic E-state index is 6.22. The van der Waals surface area contributed by atoms with E-state index in [0.29, 0.717) is 22.1 Å². The van der Waals surface area contributed by atoms with Gasteiger partial charge in [0.1, 0.15) is 0 Å². The normalized spacial score (nSPS) is 13.3. The highest BCUT2D eigenvalue weighted by Gasteiger charge is 2.28. The Morgan fingerprint density at radius 2 is 2.00 bits per heavy atom. The van der Waals surface area contributed by atoms with Gasteiger partial charge in [0.2, 0.25) is 12.7 Å². The van der Waals surface area contributed by atoms with Crippen LogP contribution in [0.15, 0.2) is 16.8 Å². The third-order valence-corrected chi connectivity index (χ3v) is 3.38. The second kappa shape index (κ2) is 4.35. The van der Waals surface area contributed by atoms with E-state index in [0.717, 1.165) is 11.1 Å². The van der Waals surface area contributed by atoms with Gasteiger partial charge in [0.15, 0.2) is 11.5 Å². The van der Waals surface area contributed by atoms with E-state index in [1.807, 2.05) is 6.07 Å². The SMILES string of the molecule is CC(C)c1c(-c2cnoc2N)cc(Cl)c2c1OCO2. The van der Waals surface area contributed by atoms with Crippen molar-refractivity contribution in [3.05, 3.63) is 22.8 Å². The van der Waals surface area contributed by atoms with Crippen LogP contribution in [-0.2, 0) is 0 Å². The van der Waals surface area contributed by atoms with Gasteiger partial charge in [-0.15, -0.1) is 0 Å². The summed E-state index contributed by atoms with van der Waals surface area (Å²) < 4.78 is 15.9. The predicted molar refractivity (Wildman–Crippen MR) is 71.6 cm³/mol. The van der Waals surface area contributed by atoms with Crippen molar-refractivity contribution in [2.24, 2.45) is 0 Å². The van der Waals surface area contributed by atoms with Crippen LogP contribution in [0.5, 0.6) is 11.5 Å². The number of anilines is 1. The lowest BCUT2D eigenvalue weighted by atomic mass is 9.92. The summed E-state index contributed by atoms with van der Waals surface area (Å²) in [4.78, 5) is 0. The summed E-state index contributed by atoms with van der Waals surface area (Å²) in [6.07, 6.45) is 1.58. The van der Waals surface area contributed by atoms with Crippen molar-refractivity contribution < 1.29 is 14.0 Å². The Bertz CT molecular complexity index is 637. The van der Waals surface area contributed by atoms with Gasteiger partial charge in [0.25, 0.3) is 0 Å². The van der Waals surface area contributed by atoms with Gasteiger partial charge in [-0.3, -0.25) is 0 Å². The molecule has 0 aliphatic carbocycles. The lowest BCUT2D eigenvalue weighted by Gasteiger charge is -2.15. The smallest absolute Gasteiger partial charge is 0.231 e. The van der Waals surface area contributed by atoms with Crippen molar-refractivity contribution >= 4 is 17.5 Å². The number of ether oxygens (including phenoxy) is 2. The number of nitrogen functional groups attached to an aromatic ring is 1. The summed E-state index contributed by atoms with van der Waals surface area (Å²) in [5.41, 5.74) is 8.36. The van der Waals surface area contributed by atoms with Gasteiger partial charge in [0, 0.05) is 5.56 Å². The van der Waals surface area contributed by atoms with Gasteiger partial charge in [-0.1, -0.05) is 30.6 Å². The molecule has 6 heteroatoms. The Balaban J connectivity index is 2.31. The topological polar surface area (TPSA) is 70.5 Å². The average molecular weight is 281 g/mol. The van der Waals surface area contributed by atoms with Crippen LogP contribution in [0.3, 0.4) is 0 Å². The van der Waals surface area contributed by atoms with Crippen LogP contribution in [-0.4, -0.2) is 11.9 Å². The standard InChI is InChI=1S/C13H13ClN2O3/c1-6(2)10-7(8-4-16-19-13(8)15)3-9(14)11-12(10)18-5-17-11/h3-4,6H,5,15H2,1-2H3. The van der Waals surface area contributed by atoms with Gasteiger partial charge >= 0.3 is 0 Å². The first-order chi connectivity index (χ1) is 9.09. The van der Waals surface area contributed by atoms with Crippen molar-refractivity contribution in [1.82, 2.24) is 5.16 Å². The number of hydrogen-bond donors (Lipinski definition) is 1. The van der Waals surface area contributed by atoms with Crippen LogP contribution in [0.1, 0.15) is 25.3 Å². The highest BCUT2D eigenvalue weighted by molar-refractivity contribution is 6.32. The molecule has 0 atom stereocenters. The molecule has 5 nitrogen and oxygen atoms in total. The monoisotopic (exact) mass is 280 g/mol. The molecule has 0 saturated heterocycles. The van der Waals surface area contributed by atoms with E-state index >= 15 is 0 Å². The zero-order valence-corrected chi connectivity index (χ0v) is 11.3. The summed E-state index contributed by atoms with van der Waals surface area (Å²) in [6, 6.07) is 1.81. The lowest BCUT2D eigenvalue weighted by Crippen LogP contribution is -1.98. The first kappa shape index (κ1) is 12.2. The number of fused-ring (bicyclic) bond motifs is 1. The van der Waals surface area contributed by atoms with Crippen molar-refractivity contribution in [1.29, 1.82) is 0 Å². The van der Waals surface area contributed by atoms with Gasteiger partial charge in [-0.2, -0.15) is 0 Å². The van der Waals surface area contributed by atoms with Crippen molar-refractivity contribution in [2.45, 2.75) is 19.8 Å². The maximum Gasteiger partial charge on any atom is 0.231 e. The van der Waals surface area contributed by atoms with E-state index in [-0.39, 0.29) is 18.6 Å². The fourth-order valence-electron chi connectivity index (χ4n) is 2.30. The molecule has 0 bridgehead atoms. The second-order valence-corrected chi connectivity index (χ2v) is 5.05. The van der Waals surface area contributed by atoms with Crippen molar-refractivity contribution in [3.63, 3.8) is 0 Å². The van der Waals surface area contributed by atoms with E-state index in [9.17, 15) is 0 Å². The average Bonchev–Trinajstić information content (AvgIpc) is 2.96. The Labute approximate surface area is 115 Å². The zero-order valence-electron chi connectivity index (χ0n) is 10.6. The van der Waals surface area contributed by atoms with Crippen LogP contribution >= 0.6 is 11.6 Å². The Kier molecular flexibility index (Phi) is 2.78. The molecule has 0 radical (unpaired) electrons. The molecule has 3 rings (SSSR count). The Morgan fingerprint density at radius 1 is 1.26 bits per heavy atom. The quantitative estimate of drug-likeness (QED) is 0.912. The van der Waals surface area contributed by atoms with Gasteiger partial charge in [-0.05, 0) is 17.5 Å². The number of rotatable bonds is 2. The van der Waals surface area contributed by atoms with Gasteiger partial charge < -0.3 is 19.7 Å². The van der Waals surface area contributed by atoms with E-state index in [1.165, 1.54) is 0 Å². The third-order valence-electron chi connectivity index (χ3n) is 3.10. The van der Waals surface area contributed by atoms with Crippen LogP contribution in [0.4, 0.5) is 5.88 Å². The molecule has 19 heavy (non-hydrogen) atoms. The molecule has 1 aliphatic heterocycles. The number of nitrogens with zero attached hydrogens (tertiary/aromatic N) is 1. The number of nitrogens with two attached hydrogens (primary N) is 1. The molecule has 1 aliphatic rings. The maximum atomic E-state index is 6.22. The van der Waals surface area contributed by atoms with Crippen molar-refractivity contribution in [3.8, 4) is 22.6 Å². The van der Waals surface area contributed by atoms with Crippen LogP contribution in [0.2, 0.25) is 5.02 Å². The molecular weight excluding hydrogens is 268 g/mol. The van der Waals surface area contributed by atoms with E-state index in [4.69, 9.17) is 31.3 Å². The molecule has 2 N–H and O–H groups in total. The molecule has 1 aromatic carbocycles. The van der Waals surface area contributed by atoms with Crippen LogP contribution < -0.4 is 15.2 Å². The molecule has 100 valence electrons. The third kappa shape index (κ3) is 1.81. The highest BCUT2D eigenvalue weighted by Crippen LogP contribution is 2.49. The van der Waals surface area contributed by atoms with E-state index in [1.54, 1.807) is 6.20 Å². The minimum absolute atomic E-state index is 0.178. The fourth-order valence-corrected chi connectivity index (χ4v) is 2.54. The first-order valence-corrected chi connectivity index (χ1v) is 6.30. The Hall–Kier alpha value is -1.88. The molecule has 0 unspecified atom stereocenters. The lowest BCUT2D eigenvalue weighted by molar-refractivity contribution is 0.173. The fraction of sp³-hybridized carbons (Fsp3) is 0.308. The summed E-state index contributed by atoms with van der Waals surface area (Å²) in [5.74, 6) is 1.75. The molecule has 2 aromatic rings. The molecule has 0 spiro atoms. The molecule has 0 fully saturated rings. The number of halogens is 1. The number of benzene rings is 1. The van der Waals surface area contributed by atoms with Crippen LogP contribution in [0, 0.1) is 0 Å². The predicted octanol–water partition coefficient (Wildman–Crippen LogP) is 3.43. The highest BCUT2D eigenvalue weighted by atomic mass is 35.5. The summed E-state index contributed by atoms with van der Waals surface area (Å²) >= 11 is 6.22. The Morgan fingerprint density at radius 3 is 2.63 bits per heavy atom. The molecule has 2 heterocycles.